The molecule has 0 spiro atoms. The summed E-state index contributed by atoms with van der Waals surface area (Å²) >= 11 is 7.43. The molecule has 0 saturated heterocycles. The van der Waals surface area contributed by atoms with Crippen molar-refractivity contribution in [1.29, 1.82) is 0 Å². The molecule has 0 unspecified atom stereocenters. The molecule has 34 heavy (non-hydrogen) atoms. The molecule has 1 atom stereocenters. The first kappa shape index (κ1) is 26.2. The fraction of sp³-hybridized carbons (Fsp3) is 0.348. The van der Waals surface area contributed by atoms with E-state index in [0.29, 0.717) is 11.7 Å². The van der Waals surface area contributed by atoms with Crippen LogP contribution in [-0.4, -0.2) is 60.1 Å². The number of benzene rings is 2. The standard InChI is InChI=1S/C23H28ClN5O3S2/c1-5-20(28(2)3)22-26-27-23(29(22)14-16-9-7-6-8-10-16)33-15-21(30)25-19-13-17(34(4,31)32)11-12-18(19)24/h6-13,20H,5,14-15H2,1-4H3,(H,25,30)/t20-/m1/s1. The van der Waals surface area contributed by atoms with E-state index in [9.17, 15) is 13.2 Å². The molecule has 0 bridgehead atoms. The first-order valence-corrected chi connectivity index (χ1v) is 13.9. The van der Waals surface area contributed by atoms with Crippen LogP contribution in [0.2, 0.25) is 5.02 Å². The number of amides is 1. The lowest BCUT2D eigenvalue weighted by Gasteiger charge is -2.23. The number of rotatable bonds is 10. The third kappa shape index (κ3) is 6.59. The van der Waals surface area contributed by atoms with Gasteiger partial charge < -0.3 is 9.88 Å². The molecule has 0 aliphatic carbocycles. The van der Waals surface area contributed by atoms with Gasteiger partial charge in [0.15, 0.2) is 20.8 Å². The van der Waals surface area contributed by atoms with Gasteiger partial charge in [0.25, 0.3) is 0 Å². The van der Waals surface area contributed by atoms with Gasteiger partial charge in [-0.1, -0.05) is 60.6 Å². The molecule has 1 amide bonds. The molecule has 0 fully saturated rings. The van der Waals surface area contributed by atoms with Gasteiger partial charge in [-0.2, -0.15) is 0 Å². The lowest BCUT2D eigenvalue weighted by atomic mass is 10.2. The normalized spacial score (nSPS) is 12.6. The van der Waals surface area contributed by atoms with Crippen LogP contribution in [-0.2, 0) is 21.2 Å². The Labute approximate surface area is 209 Å². The van der Waals surface area contributed by atoms with Crippen LogP contribution in [0, 0.1) is 0 Å². The van der Waals surface area contributed by atoms with E-state index in [0.717, 1.165) is 24.1 Å². The van der Waals surface area contributed by atoms with Gasteiger partial charge in [-0.25, -0.2) is 8.42 Å². The maximum Gasteiger partial charge on any atom is 0.234 e. The first-order valence-electron chi connectivity index (χ1n) is 10.7. The summed E-state index contributed by atoms with van der Waals surface area (Å²) in [5.41, 5.74) is 1.35. The number of halogens is 1. The summed E-state index contributed by atoms with van der Waals surface area (Å²) in [6.07, 6.45) is 1.96. The van der Waals surface area contributed by atoms with Crippen molar-refractivity contribution in [3.63, 3.8) is 0 Å². The van der Waals surface area contributed by atoms with Crippen LogP contribution >= 0.6 is 23.4 Å². The molecule has 182 valence electrons. The van der Waals surface area contributed by atoms with Crippen LogP contribution in [0.25, 0.3) is 0 Å². The summed E-state index contributed by atoms with van der Waals surface area (Å²) in [5.74, 6) is 0.571. The Bertz CT molecular complexity index is 1250. The number of sulfone groups is 1. The predicted octanol–water partition coefficient (Wildman–Crippen LogP) is 4.13. The second-order valence-electron chi connectivity index (χ2n) is 8.05. The van der Waals surface area contributed by atoms with Crippen molar-refractivity contribution in [2.24, 2.45) is 0 Å². The topological polar surface area (TPSA) is 97.2 Å². The van der Waals surface area contributed by atoms with Gasteiger partial charge in [-0.05, 0) is 44.3 Å². The van der Waals surface area contributed by atoms with Crippen LogP contribution in [0.3, 0.4) is 0 Å². The van der Waals surface area contributed by atoms with Crippen LogP contribution in [0.1, 0.15) is 30.8 Å². The smallest absolute Gasteiger partial charge is 0.234 e. The monoisotopic (exact) mass is 521 g/mol. The second-order valence-corrected chi connectivity index (χ2v) is 11.4. The molecule has 0 aliphatic heterocycles. The van der Waals surface area contributed by atoms with Gasteiger partial charge in [0.05, 0.1) is 33.9 Å². The quantitative estimate of drug-likeness (QED) is 0.401. The average molecular weight is 522 g/mol. The number of anilines is 1. The molecule has 1 heterocycles. The summed E-state index contributed by atoms with van der Waals surface area (Å²) in [4.78, 5) is 14.9. The third-order valence-electron chi connectivity index (χ3n) is 5.21. The SMILES string of the molecule is CC[C@H](c1nnc(SCC(=O)Nc2cc(S(C)(=O)=O)ccc2Cl)n1Cc1ccccc1)N(C)C. The number of nitrogens with zero attached hydrogens (tertiary/aromatic N) is 4. The van der Waals surface area contributed by atoms with Crippen LogP contribution in [0.4, 0.5) is 5.69 Å². The molecule has 11 heteroatoms. The number of hydrogen-bond donors (Lipinski definition) is 1. The first-order chi connectivity index (χ1) is 16.1. The van der Waals surface area contributed by atoms with Gasteiger partial charge in [0, 0.05) is 6.26 Å². The Morgan fingerprint density at radius 3 is 2.50 bits per heavy atom. The van der Waals surface area contributed by atoms with E-state index in [1.54, 1.807) is 0 Å². The summed E-state index contributed by atoms with van der Waals surface area (Å²) in [7, 11) is 0.584. The van der Waals surface area contributed by atoms with Gasteiger partial charge in [0.2, 0.25) is 5.91 Å². The molecule has 1 aromatic heterocycles. The third-order valence-corrected chi connectivity index (χ3v) is 7.62. The average Bonchev–Trinajstić information content (AvgIpc) is 3.16. The largest absolute Gasteiger partial charge is 0.324 e. The lowest BCUT2D eigenvalue weighted by molar-refractivity contribution is -0.113. The molecule has 1 N–H and O–H groups in total. The Morgan fingerprint density at radius 2 is 1.88 bits per heavy atom. The summed E-state index contributed by atoms with van der Waals surface area (Å²) in [6.45, 7) is 2.68. The second kappa shape index (κ2) is 11.4. The number of thioether (sulfide) groups is 1. The van der Waals surface area contributed by atoms with Crippen molar-refractivity contribution in [3.05, 3.63) is 64.9 Å². The zero-order valence-corrected chi connectivity index (χ0v) is 21.9. The van der Waals surface area contributed by atoms with Crippen LogP contribution in [0.5, 0.6) is 0 Å². The van der Waals surface area contributed by atoms with Crippen molar-refractivity contribution >= 4 is 44.8 Å². The van der Waals surface area contributed by atoms with E-state index in [1.807, 2.05) is 49.0 Å². The van der Waals surface area contributed by atoms with E-state index in [4.69, 9.17) is 11.6 Å². The Hall–Kier alpha value is -2.40. The minimum absolute atomic E-state index is 0.0606. The van der Waals surface area contributed by atoms with E-state index < -0.39 is 9.84 Å². The maximum absolute atomic E-state index is 12.7. The van der Waals surface area contributed by atoms with E-state index in [1.165, 1.54) is 30.0 Å². The highest BCUT2D eigenvalue weighted by Crippen LogP contribution is 2.28. The Morgan fingerprint density at radius 1 is 1.18 bits per heavy atom. The zero-order valence-electron chi connectivity index (χ0n) is 19.5. The van der Waals surface area contributed by atoms with Crippen molar-refractivity contribution in [2.45, 2.75) is 36.0 Å². The Kier molecular flexibility index (Phi) is 8.75. The van der Waals surface area contributed by atoms with Crippen molar-refractivity contribution in [3.8, 4) is 0 Å². The van der Waals surface area contributed by atoms with Crippen LogP contribution < -0.4 is 5.32 Å². The summed E-state index contributed by atoms with van der Waals surface area (Å²) in [5, 5.41) is 12.4. The van der Waals surface area contributed by atoms with Gasteiger partial charge >= 0.3 is 0 Å². The minimum atomic E-state index is -3.42. The molecule has 0 radical (unpaired) electrons. The fourth-order valence-corrected chi connectivity index (χ4v) is 5.05. The number of aromatic nitrogens is 3. The lowest BCUT2D eigenvalue weighted by Crippen LogP contribution is -2.23. The summed E-state index contributed by atoms with van der Waals surface area (Å²) in [6, 6.07) is 14.3. The Balaban J connectivity index is 1.80. The number of carbonyl (C=O) groups is 1. The number of carbonyl (C=O) groups excluding carboxylic acids is 1. The number of hydrogen-bond acceptors (Lipinski definition) is 7. The molecular weight excluding hydrogens is 494 g/mol. The van der Waals surface area contributed by atoms with E-state index >= 15 is 0 Å². The molecule has 2 aromatic carbocycles. The van der Waals surface area contributed by atoms with Crippen molar-refractivity contribution < 1.29 is 13.2 Å². The summed E-state index contributed by atoms with van der Waals surface area (Å²) < 4.78 is 25.7. The zero-order chi connectivity index (χ0) is 24.9. The van der Waals surface area contributed by atoms with Crippen LogP contribution in [0.15, 0.2) is 58.6 Å². The molecule has 8 nitrogen and oxygen atoms in total. The fourth-order valence-electron chi connectivity index (χ4n) is 3.49. The highest BCUT2D eigenvalue weighted by Gasteiger charge is 2.23. The predicted molar refractivity (Wildman–Crippen MR) is 136 cm³/mol. The number of nitrogens with one attached hydrogen (secondary N) is 1. The van der Waals surface area contributed by atoms with Crippen molar-refractivity contribution in [2.75, 3.05) is 31.4 Å². The van der Waals surface area contributed by atoms with E-state index in [2.05, 4.69) is 27.3 Å². The minimum Gasteiger partial charge on any atom is -0.324 e. The molecule has 3 rings (SSSR count). The molecular formula is C23H28ClN5O3S2. The molecule has 0 aliphatic rings. The van der Waals surface area contributed by atoms with Crippen molar-refractivity contribution in [1.82, 2.24) is 19.7 Å². The highest BCUT2D eigenvalue weighted by atomic mass is 35.5. The van der Waals surface area contributed by atoms with E-state index in [-0.39, 0.29) is 33.3 Å². The maximum atomic E-state index is 12.7. The molecule has 3 aromatic rings. The van der Waals surface area contributed by atoms with Gasteiger partial charge in [-0.3, -0.25) is 9.69 Å². The van der Waals surface area contributed by atoms with Gasteiger partial charge in [-0.15, -0.1) is 10.2 Å². The molecule has 0 saturated carbocycles. The highest BCUT2D eigenvalue weighted by molar-refractivity contribution is 7.99. The van der Waals surface area contributed by atoms with Gasteiger partial charge in [0.1, 0.15) is 0 Å².